The smallest absolute Gasteiger partial charge is 0.323 e. The van der Waals surface area contributed by atoms with Crippen LogP contribution in [0.3, 0.4) is 0 Å². The fourth-order valence-electron chi connectivity index (χ4n) is 5.52. The Morgan fingerprint density at radius 1 is 0.977 bits per heavy atom. The number of ether oxygens (including phenoxy) is 1. The number of hydrogen-bond donors (Lipinski definition) is 2. The van der Waals surface area contributed by atoms with Gasteiger partial charge in [-0.25, -0.2) is 9.78 Å². The molecule has 0 aliphatic carbocycles. The molecular weight excluding hydrogens is 538 g/mol. The molecule has 0 saturated carbocycles. The molecule has 0 bridgehead atoms. The van der Waals surface area contributed by atoms with Crippen molar-refractivity contribution in [3.63, 3.8) is 0 Å². The summed E-state index contributed by atoms with van der Waals surface area (Å²) in [6.07, 6.45) is 3.42. The predicted molar refractivity (Wildman–Crippen MR) is 178 cm³/mol. The lowest BCUT2D eigenvalue weighted by Crippen LogP contribution is -2.30. The number of anilines is 2. The van der Waals surface area contributed by atoms with Crippen molar-refractivity contribution in [1.82, 2.24) is 14.5 Å². The number of benzene rings is 2. The van der Waals surface area contributed by atoms with Crippen molar-refractivity contribution in [2.75, 3.05) is 31.8 Å². The van der Waals surface area contributed by atoms with Crippen LogP contribution in [0.5, 0.6) is 5.75 Å². The summed E-state index contributed by atoms with van der Waals surface area (Å²) in [7, 11) is 5.71. The van der Waals surface area contributed by atoms with Crippen LogP contribution in [0.4, 0.5) is 16.2 Å². The minimum absolute atomic E-state index is 0.181. The molecule has 0 unspecified atom stereocenters. The number of methoxy groups -OCH3 is 1. The number of urea groups is 1. The van der Waals surface area contributed by atoms with Gasteiger partial charge >= 0.3 is 6.03 Å². The first-order chi connectivity index (χ1) is 20.5. The molecule has 43 heavy (non-hydrogen) atoms. The van der Waals surface area contributed by atoms with Crippen molar-refractivity contribution in [3.8, 4) is 16.9 Å². The van der Waals surface area contributed by atoms with E-state index in [1.165, 1.54) is 5.56 Å². The highest BCUT2D eigenvalue weighted by atomic mass is 16.5. The molecule has 0 fully saturated rings. The van der Waals surface area contributed by atoms with Crippen molar-refractivity contribution in [1.29, 1.82) is 0 Å². The summed E-state index contributed by atoms with van der Waals surface area (Å²) in [5, 5.41) is 6.93. The van der Waals surface area contributed by atoms with Crippen molar-refractivity contribution < 1.29 is 9.53 Å². The normalized spacial score (nSPS) is 11.5. The molecule has 8 nitrogen and oxygen atoms in total. The Morgan fingerprint density at radius 2 is 1.65 bits per heavy atom. The van der Waals surface area contributed by atoms with Crippen LogP contribution in [-0.2, 0) is 13.1 Å². The van der Waals surface area contributed by atoms with Gasteiger partial charge in [-0.05, 0) is 78.9 Å². The molecule has 0 aliphatic heterocycles. The maximum absolute atomic E-state index is 14.2. The molecule has 2 aromatic carbocycles. The number of aromatic nitrogens is 2. The van der Waals surface area contributed by atoms with Gasteiger partial charge in [0.05, 0.1) is 7.11 Å². The van der Waals surface area contributed by atoms with E-state index in [0.29, 0.717) is 23.5 Å². The lowest BCUT2D eigenvalue weighted by Gasteiger charge is -2.24. The second-order valence-electron chi connectivity index (χ2n) is 11.9. The minimum atomic E-state index is -0.462. The van der Waals surface area contributed by atoms with Gasteiger partial charge in [-0.1, -0.05) is 65.3 Å². The van der Waals surface area contributed by atoms with E-state index < -0.39 is 6.03 Å². The summed E-state index contributed by atoms with van der Waals surface area (Å²) in [6, 6.07) is 15.2. The lowest BCUT2D eigenvalue weighted by atomic mass is 9.90. The van der Waals surface area contributed by atoms with Crippen molar-refractivity contribution in [3.05, 3.63) is 81.8 Å². The summed E-state index contributed by atoms with van der Waals surface area (Å²) in [6.45, 7) is 11.9. The zero-order valence-corrected chi connectivity index (χ0v) is 26.7. The van der Waals surface area contributed by atoms with Crippen LogP contribution < -0.4 is 20.9 Å². The Hall–Kier alpha value is -4.17. The number of carbonyl (C=O) groups excluding carboxylic acids is 1. The summed E-state index contributed by atoms with van der Waals surface area (Å²) in [5.74, 6) is 1.02. The molecule has 0 spiro atoms. The van der Waals surface area contributed by atoms with Crippen LogP contribution in [0.15, 0.2) is 59.5 Å². The first-order valence-electron chi connectivity index (χ1n) is 15.1. The predicted octanol–water partition coefficient (Wildman–Crippen LogP) is 7.82. The first kappa shape index (κ1) is 31.8. The summed E-state index contributed by atoms with van der Waals surface area (Å²) in [5.41, 5.74) is 6.00. The molecule has 2 aromatic heterocycles. The average molecular weight is 584 g/mol. The molecule has 0 atom stereocenters. The lowest BCUT2D eigenvalue weighted by molar-refractivity contribution is 0.262. The van der Waals surface area contributed by atoms with E-state index in [9.17, 15) is 9.59 Å². The SMILES string of the molecule is CCCCn1c(=O)c(NC(=O)Nc2c(C(C)C)cc(CN(C)C)cc2C(C)C)c(-c2cccc(OC)c2)c2cccnc21. The fraction of sp³-hybridized carbons (Fsp3) is 0.400. The van der Waals surface area contributed by atoms with Crippen LogP contribution in [0.1, 0.15) is 76.0 Å². The summed E-state index contributed by atoms with van der Waals surface area (Å²) < 4.78 is 7.17. The highest BCUT2D eigenvalue weighted by Gasteiger charge is 2.23. The van der Waals surface area contributed by atoms with E-state index in [2.05, 4.69) is 81.4 Å². The Bertz CT molecular complexity index is 1630. The average Bonchev–Trinajstić information content (AvgIpc) is 2.97. The molecule has 4 rings (SSSR count). The van der Waals surface area contributed by atoms with Crippen LogP contribution in [0.25, 0.3) is 22.2 Å². The molecule has 2 amide bonds. The van der Waals surface area contributed by atoms with Gasteiger partial charge in [-0.2, -0.15) is 0 Å². The van der Waals surface area contributed by atoms with Crippen LogP contribution in [0, 0.1) is 0 Å². The summed E-state index contributed by atoms with van der Waals surface area (Å²) >= 11 is 0. The number of rotatable bonds is 11. The second kappa shape index (κ2) is 13.9. The Morgan fingerprint density at radius 3 is 2.26 bits per heavy atom. The third-order valence-corrected chi connectivity index (χ3v) is 7.59. The molecule has 0 aliphatic rings. The number of nitrogens with one attached hydrogen (secondary N) is 2. The van der Waals surface area contributed by atoms with E-state index in [0.717, 1.165) is 47.2 Å². The zero-order valence-electron chi connectivity index (χ0n) is 26.7. The quantitative estimate of drug-likeness (QED) is 0.188. The third kappa shape index (κ3) is 7.08. The van der Waals surface area contributed by atoms with Gasteiger partial charge in [0.15, 0.2) is 0 Å². The maximum atomic E-state index is 14.2. The Kier molecular flexibility index (Phi) is 10.2. The van der Waals surface area contributed by atoms with Gasteiger partial charge in [0.25, 0.3) is 5.56 Å². The molecule has 0 radical (unpaired) electrons. The number of pyridine rings is 2. The number of hydrogen-bond acceptors (Lipinski definition) is 5. The molecule has 4 aromatic rings. The highest BCUT2D eigenvalue weighted by molar-refractivity contribution is 6.07. The highest BCUT2D eigenvalue weighted by Crippen LogP contribution is 2.37. The molecule has 0 saturated heterocycles. The molecule has 8 heteroatoms. The summed E-state index contributed by atoms with van der Waals surface area (Å²) in [4.78, 5) is 34.8. The van der Waals surface area contributed by atoms with E-state index >= 15 is 0 Å². The topological polar surface area (TPSA) is 88.5 Å². The van der Waals surface area contributed by atoms with Crippen molar-refractivity contribution in [2.24, 2.45) is 0 Å². The number of carbonyl (C=O) groups is 1. The van der Waals surface area contributed by atoms with Gasteiger partial charge < -0.3 is 20.3 Å². The standard InChI is InChI=1S/C35H45N5O3/c1-9-10-17-40-33-27(15-12-16-36-33)30(25-13-11-14-26(20-25)43-8)32(34(40)41)38-35(42)37-31-28(22(2)3)18-24(21-39(6)7)19-29(31)23(4)5/h11-16,18-20,22-23H,9-10,17,21H2,1-8H3,(H2,37,38,42). The number of fused-ring (bicyclic) bond motifs is 1. The molecular formula is C35H45N5O3. The van der Waals surface area contributed by atoms with E-state index in [4.69, 9.17) is 4.74 Å². The van der Waals surface area contributed by atoms with E-state index in [1.807, 2.05) is 36.4 Å². The van der Waals surface area contributed by atoms with Crippen LogP contribution in [0.2, 0.25) is 0 Å². The Labute approximate surface area is 255 Å². The van der Waals surface area contributed by atoms with Crippen molar-refractivity contribution in [2.45, 2.75) is 72.4 Å². The Balaban J connectivity index is 1.88. The van der Waals surface area contributed by atoms with Gasteiger partial charge in [0.1, 0.15) is 17.1 Å². The van der Waals surface area contributed by atoms with Crippen LogP contribution in [-0.4, -0.2) is 41.7 Å². The first-order valence-corrected chi connectivity index (χ1v) is 15.1. The number of nitrogens with zero attached hydrogens (tertiary/aromatic N) is 3. The minimum Gasteiger partial charge on any atom is -0.497 e. The number of amides is 2. The van der Waals surface area contributed by atoms with Crippen LogP contribution >= 0.6 is 0 Å². The molecule has 228 valence electrons. The van der Waals surface area contributed by atoms with Gasteiger partial charge in [0.2, 0.25) is 0 Å². The van der Waals surface area contributed by atoms with Gasteiger partial charge in [-0.3, -0.25) is 9.36 Å². The molecule has 2 heterocycles. The maximum Gasteiger partial charge on any atom is 0.323 e. The number of aryl methyl sites for hydroxylation is 1. The second-order valence-corrected chi connectivity index (χ2v) is 11.9. The molecule has 2 N–H and O–H groups in total. The van der Waals surface area contributed by atoms with Gasteiger partial charge in [-0.15, -0.1) is 0 Å². The van der Waals surface area contributed by atoms with E-state index in [1.54, 1.807) is 17.9 Å². The monoisotopic (exact) mass is 583 g/mol. The third-order valence-electron chi connectivity index (χ3n) is 7.59. The largest absolute Gasteiger partial charge is 0.497 e. The zero-order chi connectivity index (χ0) is 31.3. The van der Waals surface area contributed by atoms with Gasteiger partial charge in [0, 0.05) is 35.9 Å². The van der Waals surface area contributed by atoms with Crippen molar-refractivity contribution >= 4 is 28.4 Å². The number of unbranched alkanes of at least 4 members (excludes halogenated alkanes) is 1. The van der Waals surface area contributed by atoms with E-state index in [-0.39, 0.29) is 23.1 Å². The fourth-order valence-corrected chi connectivity index (χ4v) is 5.52.